The number of benzene rings is 1. The van der Waals surface area contributed by atoms with Gasteiger partial charge in [-0.05, 0) is 30.7 Å². The van der Waals surface area contributed by atoms with Gasteiger partial charge in [0.05, 0.1) is 24.2 Å². The van der Waals surface area contributed by atoms with Gasteiger partial charge in [0.2, 0.25) is 0 Å². The third kappa shape index (κ3) is 4.99. The van der Waals surface area contributed by atoms with E-state index < -0.39 is 42.0 Å². The zero-order valence-corrected chi connectivity index (χ0v) is 16.7. The molecule has 32 heavy (non-hydrogen) atoms. The molecular weight excluding hydrogens is 432 g/mol. The number of carbonyl (C=O) groups is 1. The van der Waals surface area contributed by atoms with Gasteiger partial charge in [-0.1, -0.05) is 24.3 Å². The molecule has 168 valence electrons. The molecule has 0 aliphatic heterocycles. The Labute approximate surface area is 179 Å². The van der Waals surface area contributed by atoms with Gasteiger partial charge in [0.25, 0.3) is 11.5 Å². The molecule has 11 heteroatoms. The number of hydrogen-bond acceptors (Lipinski definition) is 5. The lowest BCUT2D eigenvalue weighted by atomic mass is 10.1. The van der Waals surface area contributed by atoms with Crippen LogP contribution in [-0.4, -0.2) is 44.6 Å². The van der Waals surface area contributed by atoms with Crippen LogP contribution < -0.4 is 10.9 Å². The number of nitrogens with one attached hydrogen (secondary N) is 1. The van der Waals surface area contributed by atoms with E-state index in [-0.39, 0.29) is 11.4 Å². The Kier molecular flexibility index (Phi) is 6.68. The van der Waals surface area contributed by atoms with Crippen molar-refractivity contribution >= 4 is 5.91 Å². The average Bonchev–Trinajstić information content (AvgIpc) is 2.77. The van der Waals surface area contributed by atoms with E-state index in [1.54, 1.807) is 5.32 Å². The van der Waals surface area contributed by atoms with Crippen molar-refractivity contribution in [1.82, 2.24) is 20.1 Å². The van der Waals surface area contributed by atoms with Crippen LogP contribution in [0.4, 0.5) is 17.6 Å². The highest BCUT2D eigenvalue weighted by Crippen LogP contribution is 2.23. The van der Waals surface area contributed by atoms with Crippen molar-refractivity contribution in [3.8, 4) is 16.9 Å². The number of amides is 1. The molecule has 0 saturated heterocycles. The first-order valence-electron chi connectivity index (χ1n) is 9.39. The number of rotatable bonds is 6. The summed E-state index contributed by atoms with van der Waals surface area (Å²) in [5.74, 6) is -1.33. The molecule has 7 nitrogen and oxygen atoms in total. The molecule has 2 aromatic heterocycles. The number of aliphatic hydroxyl groups is 1. The zero-order chi connectivity index (χ0) is 23.5. The van der Waals surface area contributed by atoms with Crippen molar-refractivity contribution < 1.29 is 27.5 Å². The number of nitrogens with zero attached hydrogens (tertiary/aromatic N) is 3. The molecule has 0 radical (unpaired) electrons. The summed E-state index contributed by atoms with van der Waals surface area (Å²) in [6, 6.07) is 7.50. The SMILES string of the molecule is CC(F)c1ccc(-c2cc(C(=O)N[C@H](CO)C(F)(F)F)c(=O)n(-c3cccnc3)n2)cc1. The molecule has 0 aliphatic rings. The molecule has 3 rings (SSSR count). The van der Waals surface area contributed by atoms with Gasteiger partial charge in [0.15, 0.2) is 0 Å². The lowest BCUT2D eigenvalue weighted by Gasteiger charge is -2.19. The van der Waals surface area contributed by atoms with E-state index in [1.165, 1.54) is 55.7 Å². The van der Waals surface area contributed by atoms with Crippen LogP contribution in [0, 0.1) is 0 Å². The number of aromatic nitrogens is 3. The molecule has 0 spiro atoms. The number of hydrogen-bond donors (Lipinski definition) is 2. The van der Waals surface area contributed by atoms with Crippen LogP contribution in [0.1, 0.15) is 29.0 Å². The minimum Gasteiger partial charge on any atom is -0.394 e. The summed E-state index contributed by atoms with van der Waals surface area (Å²) in [4.78, 5) is 29.3. The van der Waals surface area contributed by atoms with Crippen molar-refractivity contribution in [2.75, 3.05) is 6.61 Å². The molecule has 0 aliphatic carbocycles. The molecule has 1 aromatic carbocycles. The molecule has 0 bridgehead atoms. The summed E-state index contributed by atoms with van der Waals surface area (Å²) in [6.45, 7) is -0.0383. The fourth-order valence-corrected chi connectivity index (χ4v) is 2.84. The predicted octanol–water partition coefficient (Wildman–Crippen LogP) is 2.98. The predicted molar refractivity (Wildman–Crippen MR) is 107 cm³/mol. The summed E-state index contributed by atoms with van der Waals surface area (Å²) < 4.78 is 53.3. The van der Waals surface area contributed by atoms with Crippen molar-refractivity contribution in [3.63, 3.8) is 0 Å². The molecule has 1 unspecified atom stereocenters. The summed E-state index contributed by atoms with van der Waals surface area (Å²) in [6.07, 6.45) is -3.40. The second kappa shape index (κ2) is 9.27. The average molecular weight is 450 g/mol. The first kappa shape index (κ1) is 23.1. The standard InChI is InChI=1S/C21H18F4N4O3/c1-12(22)13-4-6-14(7-5-13)17-9-16(19(31)27-18(11-30)21(23,24)25)20(32)29(28-17)15-3-2-8-26-10-15/h2-10,12,18,30H,11H2,1H3,(H,27,31)/t12?,18-/m1/s1. The van der Waals surface area contributed by atoms with Crippen LogP contribution in [-0.2, 0) is 0 Å². The smallest absolute Gasteiger partial charge is 0.394 e. The second-order valence-corrected chi connectivity index (χ2v) is 6.86. The van der Waals surface area contributed by atoms with E-state index in [0.29, 0.717) is 11.1 Å². The number of aliphatic hydroxyl groups excluding tert-OH is 1. The maximum Gasteiger partial charge on any atom is 0.410 e. The Morgan fingerprint density at radius 1 is 1.22 bits per heavy atom. The van der Waals surface area contributed by atoms with Crippen molar-refractivity contribution in [3.05, 3.63) is 76.3 Å². The minimum absolute atomic E-state index is 0.0872. The van der Waals surface area contributed by atoms with Gasteiger partial charge in [-0.2, -0.15) is 23.0 Å². The van der Waals surface area contributed by atoms with E-state index in [1.807, 2.05) is 0 Å². The van der Waals surface area contributed by atoms with Gasteiger partial charge < -0.3 is 10.4 Å². The molecule has 0 fully saturated rings. The monoisotopic (exact) mass is 450 g/mol. The fourth-order valence-electron chi connectivity index (χ4n) is 2.84. The first-order chi connectivity index (χ1) is 15.1. The molecule has 2 heterocycles. The minimum atomic E-state index is -4.92. The van der Waals surface area contributed by atoms with E-state index in [0.717, 1.165) is 10.7 Å². The Balaban J connectivity index is 2.13. The molecule has 0 saturated carbocycles. The normalized spacial score (nSPS) is 13.4. The Morgan fingerprint density at radius 2 is 1.91 bits per heavy atom. The summed E-state index contributed by atoms with van der Waals surface area (Å²) in [5, 5.41) is 14.8. The largest absolute Gasteiger partial charge is 0.410 e. The summed E-state index contributed by atoms with van der Waals surface area (Å²) >= 11 is 0. The highest BCUT2D eigenvalue weighted by Gasteiger charge is 2.40. The highest BCUT2D eigenvalue weighted by molar-refractivity contribution is 5.95. The second-order valence-electron chi connectivity index (χ2n) is 6.86. The molecule has 1 amide bonds. The van der Waals surface area contributed by atoms with E-state index in [2.05, 4.69) is 10.1 Å². The van der Waals surface area contributed by atoms with Crippen LogP contribution in [0.15, 0.2) is 59.7 Å². The Hall–Kier alpha value is -3.60. The van der Waals surface area contributed by atoms with Crippen LogP contribution in [0.25, 0.3) is 16.9 Å². The molecule has 2 N–H and O–H groups in total. The first-order valence-corrected chi connectivity index (χ1v) is 9.39. The highest BCUT2D eigenvalue weighted by atomic mass is 19.4. The summed E-state index contributed by atoms with van der Waals surface area (Å²) in [5.41, 5.74) is -0.545. The van der Waals surface area contributed by atoms with E-state index in [4.69, 9.17) is 5.11 Å². The molecule has 3 aromatic rings. The van der Waals surface area contributed by atoms with Gasteiger partial charge in [-0.3, -0.25) is 14.6 Å². The van der Waals surface area contributed by atoms with Gasteiger partial charge in [0.1, 0.15) is 17.8 Å². The van der Waals surface area contributed by atoms with Gasteiger partial charge in [0, 0.05) is 11.8 Å². The summed E-state index contributed by atoms with van der Waals surface area (Å²) in [7, 11) is 0. The zero-order valence-electron chi connectivity index (χ0n) is 16.7. The number of alkyl halides is 4. The Bertz CT molecular complexity index is 1150. The van der Waals surface area contributed by atoms with Crippen LogP contribution in [0.2, 0.25) is 0 Å². The third-order valence-corrected chi connectivity index (χ3v) is 4.60. The number of pyridine rings is 1. The maximum atomic E-state index is 13.5. The topological polar surface area (TPSA) is 97.1 Å². The molecular formula is C21H18F4N4O3. The van der Waals surface area contributed by atoms with Gasteiger partial charge >= 0.3 is 6.18 Å². The number of halogens is 4. The van der Waals surface area contributed by atoms with Crippen LogP contribution >= 0.6 is 0 Å². The quantitative estimate of drug-likeness (QED) is 0.563. The lowest BCUT2D eigenvalue weighted by molar-refractivity contribution is -0.161. The van der Waals surface area contributed by atoms with Gasteiger partial charge in [-0.15, -0.1) is 0 Å². The van der Waals surface area contributed by atoms with Crippen LogP contribution in [0.3, 0.4) is 0 Å². The fraction of sp³-hybridized carbons (Fsp3) is 0.238. The van der Waals surface area contributed by atoms with Crippen LogP contribution in [0.5, 0.6) is 0 Å². The van der Waals surface area contributed by atoms with E-state index >= 15 is 0 Å². The van der Waals surface area contributed by atoms with Crippen molar-refractivity contribution in [2.24, 2.45) is 0 Å². The third-order valence-electron chi connectivity index (χ3n) is 4.60. The lowest BCUT2D eigenvalue weighted by Crippen LogP contribution is -2.49. The Morgan fingerprint density at radius 3 is 2.44 bits per heavy atom. The van der Waals surface area contributed by atoms with Gasteiger partial charge in [-0.25, -0.2) is 4.39 Å². The maximum absolute atomic E-state index is 13.5. The van der Waals surface area contributed by atoms with Crippen molar-refractivity contribution in [1.29, 1.82) is 0 Å². The van der Waals surface area contributed by atoms with Crippen molar-refractivity contribution in [2.45, 2.75) is 25.3 Å². The number of carbonyl (C=O) groups excluding carboxylic acids is 1. The molecule has 2 atom stereocenters. The van der Waals surface area contributed by atoms with E-state index in [9.17, 15) is 27.2 Å².